The Labute approximate surface area is 162 Å². The second-order valence-electron chi connectivity index (χ2n) is 7.31. The summed E-state index contributed by atoms with van der Waals surface area (Å²) in [6.45, 7) is 1.44. The lowest BCUT2D eigenvalue weighted by Gasteiger charge is -2.21. The summed E-state index contributed by atoms with van der Waals surface area (Å²) in [7, 11) is 0. The average Bonchev–Trinajstić information content (AvgIpc) is 3.22. The van der Waals surface area contributed by atoms with Crippen LogP contribution in [0, 0.1) is 0 Å². The van der Waals surface area contributed by atoms with Crippen molar-refractivity contribution < 1.29 is 14.4 Å². The molecule has 1 aliphatic heterocycles. The summed E-state index contributed by atoms with van der Waals surface area (Å²) in [6, 6.07) is 16.7. The van der Waals surface area contributed by atoms with E-state index < -0.39 is 11.6 Å². The van der Waals surface area contributed by atoms with Gasteiger partial charge in [-0.25, -0.2) is 4.79 Å². The third-order valence-corrected chi connectivity index (χ3v) is 5.29. The van der Waals surface area contributed by atoms with Crippen molar-refractivity contribution >= 4 is 28.6 Å². The highest BCUT2D eigenvalue weighted by molar-refractivity contribution is 6.14. The van der Waals surface area contributed by atoms with E-state index in [9.17, 15) is 14.4 Å². The monoisotopic (exact) mass is 375 g/mol. The number of hydrogen-bond acceptors (Lipinski definition) is 3. The SMILES string of the molecule is C[C@]1(CCc2ccccc2)NC(=O)N(CC(=O)c2c[nH]c3ccccc23)C1=O. The molecule has 2 N–H and O–H groups in total. The molecule has 1 atom stereocenters. The number of aryl methyl sites for hydroxylation is 1. The van der Waals surface area contributed by atoms with Gasteiger partial charge in [0.1, 0.15) is 5.54 Å². The number of carbonyl (C=O) groups excluding carboxylic acids is 3. The molecule has 6 nitrogen and oxygen atoms in total. The number of benzene rings is 2. The zero-order valence-electron chi connectivity index (χ0n) is 15.6. The van der Waals surface area contributed by atoms with Crippen LogP contribution in [0.1, 0.15) is 29.3 Å². The Morgan fingerprint density at radius 2 is 1.75 bits per heavy atom. The number of para-hydroxylation sites is 1. The maximum atomic E-state index is 12.9. The number of carbonyl (C=O) groups is 3. The van der Waals surface area contributed by atoms with E-state index in [4.69, 9.17) is 0 Å². The lowest BCUT2D eigenvalue weighted by molar-refractivity contribution is -0.130. The van der Waals surface area contributed by atoms with E-state index in [-0.39, 0.29) is 18.2 Å². The molecule has 1 aromatic heterocycles. The maximum absolute atomic E-state index is 12.9. The fraction of sp³-hybridized carbons (Fsp3) is 0.227. The van der Waals surface area contributed by atoms with Crippen molar-refractivity contribution in [1.29, 1.82) is 0 Å². The molecule has 2 aromatic carbocycles. The number of ketones is 1. The quantitative estimate of drug-likeness (QED) is 0.512. The number of aromatic nitrogens is 1. The summed E-state index contributed by atoms with van der Waals surface area (Å²) in [5.41, 5.74) is 1.41. The van der Waals surface area contributed by atoms with E-state index in [1.165, 1.54) is 0 Å². The summed E-state index contributed by atoms with van der Waals surface area (Å²) in [6.07, 6.45) is 2.76. The van der Waals surface area contributed by atoms with Gasteiger partial charge in [0.25, 0.3) is 5.91 Å². The lowest BCUT2D eigenvalue weighted by Crippen LogP contribution is -2.44. The molecule has 3 amide bonds. The maximum Gasteiger partial charge on any atom is 0.325 e. The van der Waals surface area contributed by atoms with Crippen molar-refractivity contribution in [1.82, 2.24) is 15.2 Å². The summed E-state index contributed by atoms with van der Waals surface area (Å²) in [5, 5.41) is 3.55. The molecule has 2 heterocycles. The van der Waals surface area contributed by atoms with E-state index in [2.05, 4.69) is 10.3 Å². The molecule has 1 saturated heterocycles. The molecular formula is C22H21N3O3. The van der Waals surface area contributed by atoms with E-state index >= 15 is 0 Å². The van der Waals surface area contributed by atoms with Crippen LogP contribution in [0.2, 0.25) is 0 Å². The molecule has 0 bridgehead atoms. The number of amides is 3. The Kier molecular flexibility index (Phi) is 4.47. The Morgan fingerprint density at radius 3 is 2.54 bits per heavy atom. The largest absolute Gasteiger partial charge is 0.360 e. The van der Waals surface area contributed by atoms with Crippen LogP contribution in [0.25, 0.3) is 10.9 Å². The summed E-state index contributed by atoms with van der Waals surface area (Å²) < 4.78 is 0. The standard InChI is InChI=1S/C22H21N3O3/c1-22(12-11-15-7-3-2-4-8-15)20(27)25(21(28)24-22)14-19(26)17-13-23-18-10-6-5-9-16(17)18/h2-10,13,23H,11-12,14H2,1H3,(H,24,28)/t22-/m1/s1. The molecule has 6 heteroatoms. The Bertz CT molecular complexity index is 1060. The molecule has 0 radical (unpaired) electrons. The number of nitrogens with one attached hydrogen (secondary N) is 2. The predicted molar refractivity (Wildman–Crippen MR) is 106 cm³/mol. The molecule has 3 aromatic rings. The zero-order valence-corrected chi connectivity index (χ0v) is 15.6. The first-order valence-electron chi connectivity index (χ1n) is 9.25. The second kappa shape index (κ2) is 6.96. The number of Topliss-reactive ketones (excluding diaryl/α,β-unsaturated/α-hetero) is 1. The Morgan fingerprint density at radius 1 is 1.04 bits per heavy atom. The number of imide groups is 1. The minimum atomic E-state index is -1.01. The van der Waals surface area contributed by atoms with Gasteiger partial charge in [-0.05, 0) is 31.4 Å². The van der Waals surface area contributed by atoms with Crippen molar-refractivity contribution in [3.05, 3.63) is 71.9 Å². The third kappa shape index (κ3) is 3.17. The molecule has 142 valence electrons. The topological polar surface area (TPSA) is 82.3 Å². The van der Waals surface area contributed by atoms with Crippen LogP contribution in [0.4, 0.5) is 4.79 Å². The van der Waals surface area contributed by atoms with E-state index in [1.54, 1.807) is 13.1 Å². The average molecular weight is 375 g/mol. The highest BCUT2D eigenvalue weighted by Gasteiger charge is 2.47. The normalized spacial score (nSPS) is 19.2. The van der Waals surface area contributed by atoms with Crippen molar-refractivity contribution in [3.8, 4) is 0 Å². The number of aromatic amines is 1. The van der Waals surface area contributed by atoms with E-state index in [1.807, 2.05) is 54.6 Å². The van der Waals surface area contributed by atoms with Gasteiger partial charge in [0.15, 0.2) is 5.78 Å². The fourth-order valence-electron chi connectivity index (χ4n) is 3.63. The van der Waals surface area contributed by atoms with Gasteiger partial charge in [-0.1, -0.05) is 48.5 Å². The van der Waals surface area contributed by atoms with E-state index in [0.29, 0.717) is 18.4 Å². The van der Waals surface area contributed by atoms with Crippen LogP contribution in [-0.2, 0) is 11.2 Å². The number of hydrogen-bond donors (Lipinski definition) is 2. The van der Waals surface area contributed by atoms with Gasteiger partial charge >= 0.3 is 6.03 Å². The van der Waals surface area contributed by atoms with Crippen LogP contribution < -0.4 is 5.32 Å². The smallest absolute Gasteiger partial charge is 0.325 e. The van der Waals surface area contributed by atoms with Crippen LogP contribution in [0.3, 0.4) is 0 Å². The van der Waals surface area contributed by atoms with Gasteiger partial charge in [-0.3, -0.25) is 14.5 Å². The molecule has 1 aliphatic rings. The van der Waals surface area contributed by atoms with Gasteiger partial charge in [0.2, 0.25) is 0 Å². The minimum Gasteiger partial charge on any atom is -0.360 e. The van der Waals surface area contributed by atoms with Gasteiger partial charge in [-0.2, -0.15) is 0 Å². The van der Waals surface area contributed by atoms with Crippen LogP contribution in [0.5, 0.6) is 0 Å². The molecule has 0 saturated carbocycles. The van der Waals surface area contributed by atoms with Crippen molar-refractivity contribution in [2.45, 2.75) is 25.3 Å². The number of rotatable bonds is 6. The Balaban J connectivity index is 1.48. The van der Waals surface area contributed by atoms with Crippen LogP contribution in [0.15, 0.2) is 60.8 Å². The molecule has 1 fully saturated rings. The van der Waals surface area contributed by atoms with Crippen molar-refractivity contribution in [2.75, 3.05) is 6.54 Å². The van der Waals surface area contributed by atoms with Crippen LogP contribution in [-0.4, -0.2) is 39.7 Å². The fourth-order valence-corrected chi connectivity index (χ4v) is 3.63. The van der Waals surface area contributed by atoms with Gasteiger partial charge < -0.3 is 10.3 Å². The first-order chi connectivity index (χ1) is 13.5. The predicted octanol–water partition coefficient (Wildman–Crippen LogP) is 3.29. The molecule has 28 heavy (non-hydrogen) atoms. The number of H-pyrrole nitrogens is 1. The Hall–Kier alpha value is -3.41. The molecule has 0 spiro atoms. The highest BCUT2D eigenvalue weighted by atomic mass is 16.2. The first kappa shape index (κ1) is 18.0. The second-order valence-corrected chi connectivity index (χ2v) is 7.31. The van der Waals surface area contributed by atoms with Gasteiger partial charge in [0, 0.05) is 22.7 Å². The number of fused-ring (bicyclic) bond motifs is 1. The van der Waals surface area contributed by atoms with Crippen molar-refractivity contribution in [2.24, 2.45) is 0 Å². The first-order valence-corrected chi connectivity index (χ1v) is 9.25. The number of nitrogens with zero attached hydrogens (tertiary/aromatic N) is 1. The van der Waals surface area contributed by atoms with Crippen LogP contribution >= 0.6 is 0 Å². The molecule has 0 unspecified atom stereocenters. The highest BCUT2D eigenvalue weighted by Crippen LogP contribution is 2.25. The molecular weight excluding hydrogens is 354 g/mol. The summed E-state index contributed by atoms with van der Waals surface area (Å²) in [4.78, 5) is 42.2. The minimum absolute atomic E-state index is 0.270. The third-order valence-electron chi connectivity index (χ3n) is 5.29. The summed E-state index contributed by atoms with van der Waals surface area (Å²) in [5.74, 6) is -0.630. The zero-order chi connectivity index (χ0) is 19.7. The summed E-state index contributed by atoms with van der Waals surface area (Å²) >= 11 is 0. The van der Waals surface area contributed by atoms with Gasteiger partial charge in [-0.15, -0.1) is 0 Å². The lowest BCUT2D eigenvalue weighted by atomic mass is 9.93. The molecule has 0 aliphatic carbocycles. The number of urea groups is 1. The van der Waals surface area contributed by atoms with Gasteiger partial charge in [0.05, 0.1) is 6.54 Å². The van der Waals surface area contributed by atoms with E-state index in [0.717, 1.165) is 21.4 Å². The molecule has 4 rings (SSSR count). The van der Waals surface area contributed by atoms with Crippen molar-refractivity contribution in [3.63, 3.8) is 0 Å².